The Kier molecular flexibility index (Phi) is 2.70. The van der Waals surface area contributed by atoms with Crippen LogP contribution in [0.1, 0.15) is 26.7 Å². The van der Waals surface area contributed by atoms with Crippen LogP contribution in [-0.2, 0) is 0 Å². The molecule has 0 aliphatic heterocycles. The lowest BCUT2D eigenvalue weighted by molar-refractivity contribution is 0.680. The number of rotatable bonds is 2. The fraction of sp³-hybridized carbons (Fsp3) is 0.455. The van der Waals surface area contributed by atoms with Crippen LogP contribution in [0, 0.1) is 5.92 Å². The summed E-state index contributed by atoms with van der Waals surface area (Å²) < 4.78 is 0. The average molecular weight is 148 g/mol. The first-order valence-corrected chi connectivity index (χ1v) is 4.27. The van der Waals surface area contributed by atoms with E-state index in [-0.39, 0.29) is 0 Å². The van der Waals surface area contributed by atoms with E-state index in [1.807, 2.05) is 6.08 Å². The number of hydrogen-bond acceptors (Lipinski definition) is 0. The molecule has 0 heteroatoms. The molecule has 0 bridgehead atoms. The summed E-state index contributed by atoms with van der Waals surface area (Å²) in [7, 11) is 0. The summed E-state index contributed by atoms with van der Waals surface area (Å²) in [4.78, 5) is 0. The first-order valence-electron chi connectivity index (χ1n) is 4.27. The van der Waals surface area contributed by atoms with Gasteiger partial charge in [0, 0.05) is 0 Å². The van der Waals surface area contributed by atoms with E-state index in [4.69, 9.17) is 0 Å². The van der Waals surface area contributed by atoms with Crippen molar-refractivity contribution < 1.29 is 0 Å². The molecule has 11 heavy (non-hydrogen) atoms. The van der Waals surface area contributed by atoms with Gasteiger partial charge in [0.25, 0.3) is 0 Å². The van der Waals surface area contributed by atoms with E-state index in [2.05, 4.69) is 32.6 Å². The predicted molar refractivity (Wildman–Crippen MR) is 50.4 cm³/mol. The lowest BCUT2D eigenvalue weighted by Crippen LogP contribution is -1.88. The van der Waals surface area contributed by atoms with Crippen molar-refractivity contribution in [2.24, 2.45) is 5.92 Å². The summed E-state index contributed by atoms with van der Waals surface area (Å²) in [5, 5.41) is 0. The zero-order valence-electron chi connectivity index (χ0n) is 7.43. The summed E-state index contributed by atoms with van der Waals surface area (Å²) in [6, 6.07) is 0. The van der Waals surface area contributed by atoms with Gasteiger partial charge in [-0.1, -0.05) is 31.7 Å². The first kappa shape index (κ1) is 8.32. The van der Waals surface area contributed by atoms with Gasteiger partial charge in [0.2, 0.25) is 0 Å². The highest BCUT2D eigenvalue weighted by Gasteiger charge is 2.16. The fourth-order valence-electron chi connectivity index (χ4n) is 1.66. The quantitative estimate of drug-likeness (QED) is 0.562. The van der Waals surface area contributed by atoms with Crippen LogP contribution in [0.2, 0.25) is 0 Å². The van der Waals surface area contributed by atoms with E-state index >= 15 is 0 Å². The molecule has 0 amide bonds. The molecule has 1 atom stereocenters. The van der Waals surface area contributed by atoms with Crippen molar-refractivity contribution in [2.75, 3.05) is 0 Å². The summed E-state index contributed by atoms with van der Waals surface area (Å²) >= 11 is 0. The van der Waals surface area contributed by atoms with Gasteiger partial charge in [0.1, 0.15) is 0 Å². The van der Waals surface area contributed by atoms with Crippen LogP contribution in [0.4, 0.5) is 0 Å². The van der Waals surface area contributed by atoms with Gasteiger partial charge in [0.15, 0.2) is 0 Å². The van der Waals surface area contributed by atoms with Gasteiger partial charge < -0.3 is 0 Å². The van der Waals surface area contributed by atoms with Crippen molar-refractivity contribution in [3.8, 4) is 0 Å². The van der Waals surface area contributed by atoms with Gasteiger partial charge in [-0.2, -0.15) is 0 Å². The second kappa shape index (κ2) is 3.56. The zero-order valence-corrected chi connectivity index (χ0v) is 7.43. The first-order chi connectivity index (χ1) is 5.29. The van der Waals surface area contributed by atoms with Crippen LogP contribution in [-0.4, -0.2) is 0 Å². The van der Waals surface area contributed by atoms with Gasteiger partial charge in [0.05, 0.1) is 0 Å². The molecule has 0 heterocycles. The summed E-state index contributed by atoms with van der Waals surface area (Å²) in [6.07, 6.45) is 8.83. The standard InChI is InChI=1S/C11H16/c1-4-6-11-9(3)7-8-10(11)5-2/h4-6,9H,2,7-8H2,1,3H3/b6-4-. The van der Waals surface area contributed by atoms with Crippen molar-refractivity contribution in [3.05, 3.63) is 36.0 Å². The number of allylic oxidation sites excluding steroid dienone is 5. The highest BCUT2D eigenvalue weighted by atomic mass is 14.2. The molecule has 1 aliphatic carbocycles. The molecule has 0 fully saturated rings. The van der Waals surface area contributed by atoms with E-state index in [1.165, 1.54) is 24.0 Å². The average Bonchev–Trinajstić information content (AvgIpc) is 2.34. The minimum Gasteiger partial charge on any atom is -0.0988 e. The molecule has 0 saturated heterocycles. The lowest BCUT2D eigenvalue weighted by Gasteiger charge is -2.02. The highest BCUT2D eigenvalue weighted by molar-refractivity contribution is 5.37. The fourth-order valence-corrected chi connectivity index (χ4v) is 1.66. The number of hydrogen-bond donors (Lipinski definition) is 0. The molecule has 0 N–H and O–H groups in total. The van der Waals surface area contributed by atoms with Crippen LogP contribution >= 0.6 is 0 Å². The molecular formula is C11H16. The summed E-state index contributed by atoms with van der Waals surface area (Å²) in [6.45, 7) is 8.17. The zero-order chi connectivity index (χ0) is 8.27. The SMILES string of the molecule is C=CC1=C(/C=C\C)C(C)CC1. The third-order valence-electron chi connectivity index (χ3n) is 2.34. The molecule has 1 unspecified atom stereocenters. The Morgan fingerprint density at radius 1 is 1.55 bits per heavy atom. The van der Waals surface area contributed by atoms with Crippen LogP contribution in [0.25, 0.3) is 0 Å². The second-order valence-corrected chi connectivity index (χ2v) is 3.12. The van der Waals surface area contributed by atoms with Crippen molar-refractivity contribution in [2.45, 2.75) is 26.7 Å². The Morgan fingerprint density at radius 3 is 2.82 bits per heavy atom. The van der Waals surface area contributed by atoms with Crippen molar-refractivity contribution in [1.82, 2.24) is 0 Å². The maximum Gasteiger partial charge on any atom is -0.0185 e. The normalized spacial score (nSPS) is 25.1. The Balaban J connectivity index is 2.89. The van der Waals surface area contributed by atoms with Gasteiger partial charge >= 0.3 is 0 Å². The third kappa shape index (κ3) is 1.62. The summed E-state index contributed by atoms with van der Waals surface area (Å²) in [5.41, 5.74) is 2.93. The molecule has 60 valence electrons. The molecule has 0 spiro atoms. The van der Waals surface area contributed by atoms with Gasteiger partial charge in [-0.3, -0.25) is 0 Å². The second-order valence-electron chi connectivity index (χ2n) is 3.12. The van der Waals surface area contributed by atoms with E-state index in [9.17, 15) is 0 Å². The van der Waals surface area contributed by atoms with Gasteiger partial charge in [-0.25, -0.2) is 0 Å². The topological polar surface area (TPSA) is 0 Å². The van der Waals surface area contributed by atoms with Crippen LogP contribution in [0.3, 0.4) is 0 Å². The minimum atomic E-state index is 0.735. The summed E-state index contributed by atoms with van der Waals surface area (Å²) in [5.74, 6) is 0.735. The highest BCUT2D eigenvalue weighted by Crippen LogP contribution is 2.32. The van der Waals surface area contributed by atoms with Crippen LogP contribution < -0.4 is 0 Å². The van der Waals surface area contributed by atoms with Crippen LogP contribution in [0.15, 0.2) is 36.0 Å². The minimum absolute atomic E-state index is 0.735. The van der Waals surface area contributed by atoms with Crippen molar-refractivity contribution >= 4 is 0 Å². The molecule has 0 aromatic heterocycles. The lowest BCUT2D eigenvalue weighted by atomic mass is 10.0. The molecule has 0 aromatic carbocycles. The Morgan fingerprint density at radius 2 is 2.27 bits per heavy atom. The molecule has 0 aromatic rings. The van der Waals surface area contributed by atoms with E-state index in [1.54, 1.807) is 0 Å². The maximum atomic E-state index is 3.82. The molecule has 1 rings (SSSR count). The predicted octanol–water partition coefficient (Wildman–Crippen LogP) is 3.48. The molecule has 0 nitrogen and oxygen atoms in total. The van der Waals surface area contributed by atoms with Crippen molar-refractivity contribution in [1.29, 1.82) is 0 Å². The molecule has 1 aliphatic rings. The van der Waals surface area contributed by atoms with Gasteiger partial charge in [-0.15, -0.1) is 0 Å². The molecule has 0 saturated carbocycles. The Labute approximate surface area is 69.3 Å². The third-order valence-corrected chi connectivity index (χ3v) is 2.34. The maximum absolute atomic E-state index is 3.82. The van der Waals surface area contributed by atoms with E-state index in [0.717, 1.165) is 5.92 Å². The van der Waals surface area contributed by atoms with Crippen LogP contribution in [0.5, 0.6) is 0 Å². The van der Waals surface area contributed by atoms with E-state index < -0.39 is 0 Å². The Hall–Kier alpha value is -0.780. The molecule has 0 radical (unpaired) electrons. The Bertz CT molecular complexity index is 206. The largest absolute Gasteiger partial charge is 0.0988 e. The smallest absolute Gasteiger partial charge is 0.0185 e. The van der Waals surface area contributed by atoms with Crippen molar-refractivity contribution in [3.63, 3.8) is 0 Å². The monoisotopic (exact) mass is 148 g/mol. The van der Waals surface area contributed by atoms with E-state index in [0.29, 0.717) is 0 Å². The molecular weight excluding hydrogens is 132 g/mol. The van der Waals surface area contributed by atoms with Gasteiger partial charge in [-0.05, 0) is 36.8 Å².